The average molecular weight is 258 g/mol. The number of para-hydroxylation sites is 1. The highest BCUT2D eigenvalue weighted by Gasteiger charge is 2.15. The van der Waals surface area contributed by atoms with E-state index in [0.717, 1.165) is 30.3 Å². The topological polar surface area (TPSA) is 42.7 Å². The molecule has 1 aromatic carbocycles. The van der Waals surface area contributed by atoms with Crippen LogP contribution >= 0.6 is 0 Å². The van der Waals surface area contributed by atoms with Crippen molar-refractivity contribution in [2.45, 2.75) is 40.2 Å². The summed E-state index contributed by atoms with van der Waals surface area (Å²) in [4.78, 5) is 4.39. The van der Waals surface area contributed by atoms with Crippen LogP contribution in [0, 0.1) is 13.8 Å². The van der Waals surface area contributed by atoms with Gasteiger partial charge in [0.15, 0.2) is 0 Å². The van der Waals surface area contributed by atoms with E-state index in [-0.39, 0.29) is 0 Å². The van der Waals surface area contributed by atoms with E-state index in [0.29, 0.717) is 6.04 Å². The quantitative estimate of drug-likeness (QED) is 0.896. The van der Waals surface area contributed by atoms with Crippen LogP contribution in [0.15, 0.2) is 24.3 Å². The van der Waals surface area contributed by atoms with Crippen molar-refractivity contribution in [2.75, 3.05) is 6.54 Å². The van der Waals surface area contributed by atoms with Gasteiger partial charge in [0.2, 0.25) is 0 Å². The number of hydrogen-bond acceptors (Lipinski definition) is 3. The first-order valence-electron chi connectivity index (χ1n) is 6.90. The molecule has 0 fully saturated rings. The third-order valence-electron chi connectivity index (χ3n) is 3.27. The summed E-state index contributed by atoms with van der Waals surface area (Å²) in [6, 6.07) is 8.76. The first-order valence-corrected chi connectivity index (χ1v) is 6.90. The summed E-state index contributed by atoms with van der Waals surface area (Å²) < 4.78 is 1.94. The first kappa shape index (κ1) is 13.7. The number of benzene rings is 1. The third kappa shape index (κ3) is 2.84. The van der Waals surface area contributed by atoms with Crippen molar-refractivity contribution in [1.29, 1.82) is 0 Å². The van der Waals surface area contributed by atoms with Crippen LogP contribution in [-0.4, -0.2) is 21.3 Å². The zero-order valence-corrected chi connectivity index (χ0v) is 12.1. The Kier molecular flexibility index (Phi) is 4.32. The standard InChI is InChI=1S/C15H22N4/c1-5-14(16-6-2)13-9-7-8-10-15(13)19-12(4)17-11(3)18-19/h7-10,14,16H,5-6H2,1-4H3. The lowest BCUT2D eigenvalue weighted by atomic mass is 10.0. The van der Waals surface area contributed by atoms with Crippen molar-refractivity contribution in [2.24, 2.45) is 0 Å². The maximum Gasteiger partial charge on any atom is 0.148 e. The Balaban J connectivity index is 2.49. The molecule has 1 aromatic heterocycles. The molecule has 0 amide bonds. The van der Waals surface area contributed by atoms with Crippen LogP contribution < -0.4 is 5.32 Å². The first-order chi connectivity index (χ1) is 9.17. The van der Waals surface area contributed by atoms with E-state index < -0.39 is 0 Å². The molecule has 1 atom stereocenters. The maximum absolute atomic E-state index is 4.50. The molecule has 0 aliphatic carbocycles. The van der Waals surface area contributed by atoms with E-state index in [1.165, 1.54) is 5.56 Å². The van der Waals surface area contributed by atoms with Gasteiger partial charge in [-0.25, -0.2) is 9.67 Å². The van der Waals surface area contributed by atoms with Crippen molar-refractivity contribution in [3.05, 3.63) is 41.5 Å². The number of nitrogens with zero attached hydrogens (tertiary/aromatic N) is 3. The molecule has 19 heavy (non-hydrogen) atoms. The number of nitrogens with one attached hydrogen (secondary N) is 1. The molecule has 0 saturated carbocycles. The second-order valence-electron chi connectivity index (χ2n) is 4.70. The Bertz CT molecular complexity index is 545. The lowest BCUT2D eigenvalue weighted by molar-refractivity contribution is 0.533. The fourth-order valence-corrected chi connectivity index (χ4v) is 2.44. The van der Waals surface area contributed by atoms with Gasteiger partial charge in [0.25, 0.3) is 0 Å². The largest absolute Gasteiger partial charge is 0.310 e. The van der Waals surface area contributed by atoms with Crippen molar-refractivity contribution < 1.29 is 0 Å². The van der Waals surface area contributed by atoms with Gasteiger partial charge >= 0.3 is 0 Å². The fourth-order valence-electron chi connectivity index (χ4n) is 2.44. The van der Waals surface area contributed by atoms with Crippen LogP contribution in [0.2, 0.25) is 0 Å². The molecule has 102 valence electrons. The van der Waals surface area contributed by atoms with Gasteiger partial charge in [-0.3, -0.25) is 0 Å². The average Bonchev–Trinajstić information content (AvgIpc) is 2.75. The second kappa shape index (κ2) is 5.97. The highest BCUT2D eigenvalue weighted by atomic mass is 15.3. The normalized spacial score (nSPS) is 12.6. The zero-order valence-electron chi connectivity index (χ0n) is 12.1. The van der Waals surface area contributed by atoms with Crippen molar-refractivity contribution in [1.82, 2.24) is 20.1 Å². The number of rotatable bonds is 5. The van der Waals surface area contributed by atoms with E-state index in [1.807, 2.05) is 24.6 Å². The van der Waals surface area contributed by atoms with Crippen molar-refractivity contribution in [3.63, 3.8) is 0 Å². The van der Waals surface area contributed by atoms with Gasteiger partial charge in [-0.1, -0.05) is 32.0 Å². The second-order valence-corrected chi connectivity index (χ2v) is 4.70. The lowest BCUT2D eigenvalue weighted by Crippen LogP contribution is -2.22. The molecule has 0 radical (unpaired) electrons. The van der Waals surface area contributed by atoms with Crippen LogP contribution in [0.4, 0.5) is 0 Å². The van der Waals surface area contributed by atoms with Gasteiger partial charge in [-0.2, -0.15) is 5.10 Å². The van der Waals surface area contributed by atoms with E-state index in [9.17, 15) is 0 Å². The summed E-state index contributed by atoms with van der Waals surface area (Å²) in [5.74, 6) is 1.74. The molecule has 4 nitrogen and oxygen atoms in total. The Morgan fingerprint density at radius 3 is 2.53 bits per heavy atom. The summed E-state index contributed by atoms with van der Waals surface area (Å²) >= 11 is 0. The minimum absolute atomic E-state index is 0.352. The molecule has 0 bridgehead atoms. The van der Waals surface area contributed by atoms with Crippen LogP contribution in [-0.2, 0) is 0 Å². The van der Waals surface area contributed by atoms with Crippen LogP contribution in [0.25, 0.3) is 5.69 Å². The summed E-state index contributed by atoms with van der Waals surface area (Å²) in [6.45, 7) is 9.21. The van der Waals surface area contributed by atoms with Crippen LogP contribution in [0.3, 0.4) is 0 Å². The number of hydrogen-bond donors (Lipinski definition) is 1. The van der Waals surface area contributed by atoms with Gasteiger partial charge in [0, 0.05) is 6.04 Å². The lowest BCUT2D eigenvalue weighted by Gasteiger charge is -2.20. The van der Waals surface area contributed by atoms with Crippen LogP contribution in [0.5, 0.6) is 0 Å². The van der Waals surface area contributed by atoms with Gasteiger partial charge < -0.3 is 5.32 Å². The van der Waals surface area contributed by atoms with E-state index in [4.69, 9.17) is 0 Å². The van der Waals surface area contributed by atoms with Crippen molar-refractivity contribution >= 4 is 0 Å². The van der Waals surface area contributed by atoms with Gasteiger partial charge in [0.05, 0.1) is 5.69 Å². The zero-order chi connectivity index (χ0) is 13.8. The summed E-state index contributed by atoms with van der Waals surface area (Å²) in [5.41, 5.74) is 2.40. The maximum atomic E-state index is 4.50. The summed E-state index contributed by atoms with van der Waals surface area (Å²) in [5, 5.41) is 8.02. The third-order valence-corrected chi connectivity index (χ3v) is 3.27. The monoisotopic (exact) mass is 258 g/mol. The molecule has 0 spiro atoms. The Morgan fingerprint density at radius 1 is 1.21 bits per heavy atom. The predicted molar refractivity (Wildman–Crippen MR) is 77.5 cm³/mol. The number of aromatic nitrogens is 3. The van der Waals surface area contributed by atoms with E-state index in [2.05, 4.69) is 47.4 Å². The van der Waals surface area contributed by atoms with Gasteiger partial charge in [0.1, 0.15) is 11.6 Å². The van der Waals surface area contributed by atoms with E-state index in [1.54, 1.807) is 0 Å². The minimum Gasteiger partial charge on any atom is -0.310 e. The Labute approximate surface area is 114 Å². The molecule has 1 heterocycles. The summed E-state index contributed by atoms with van der Waals surface area (Å²) in [6.07, 6.45) is 1.05. The fraction of sp³-hybridized carbons (Fsp3) is 0.467. The molecule has 4 heteroatoms. The smallest absolute Gasteiger partial charge is 0.148 e. The Morgan fingerprint density at radius 2 is 1.95 bits per heavy atom. The molecule has 0 aliphatic heterocycles. The van der Waals surface area contributed by atoms with Crippen LogP contribution in [0.1, 0.15) is 43.5 Å². The van der Waals surface area contributed by atoms with Crippen molar-refractivity contribution in [3.8, 4) is 5.69 Å². The molecular weight excluding hydrogens is 236 g/mol. The van der Waals surface area contributed by atoms with E-state index >= 15 is 0 Å². The molecule has 1 unspecified atom stereocenters. The molecule has 0 aliphatic rings. The molecular formula is C15H22N4. The minimum atomic E-state index is 0.352. The van der Waals surface area contributed by atoms with Gasteiger partial charge in [-0.05, 0) is 38.4 Å². The molecule has 2 rings (SSSR count). The predicted octanol–water partition coefficient (Wildman–Crippen LogP) is 2.94. The highest BCUT2D eigenvalue weighted by Crippen LogP contribution is 2.24. The SMILES string of the molecule is CCNC(CC)c1ccccc1-n1nc(C)nc1C. The molecule has 1 N–H and O–H groups in total. The van der Waals surface area contributed by atoms with Gasteiger partial charge in [-0.15, -0.1) is 0 Å². The molecule has 0 saturated heterocycles. The summed E-state index contributed by atoms with van der Waals surface area (Å²) in [7, 11) is 0. The number of aryl methyl sites for hydroxylation is 2. The Hall–Kier alpha value is -1.68. The molecule has 2 aromatic rings. The highest BCUT2D eigenvalue weighted by molar-refractivity contribution is 5.43.